The average molecular weight is 477 g/mol. The summed E-state index contributed by atoms with van der Waals surface area (Å²) < 4.78 is 5.25. The lowest BCUT2D eigenvalue weighted by Gasteiger charge is -2.34. The summed E-state index contributed by atoms with van der Waals surface area (Å²) in [5.41, 5.74) is 6.19. The van der Waals surface area contributed by atoms with Crippen molar-refractivity contribution in [3.8, 4) is 0 Å². The molecule has 0 aliphatic carbocycles. The van der Waals surface area contributed by atoms with E-state index in [1.807, 2.05) is 32.9 Å². The van der Waals surface area contributed by atoms with Crippen molar-refractivity contribution in [2.45, 2.75) is 91.5 Å². The van der Waals surface area contributed by atoms with Crippen molar-refractivity contribution in [2.75, 3.05) is 6.54 Å². The lowest BCUT2D eigenvalue weighted by molar-refractivity contribution is -0.143. The first-order chi connectivity index (χ1) is 15.8. The smallest absolute Gasteiger partial charge is 0.408 e. The number of amides is 4. The molecule has 9 nitrogen and oxygen atoms in total. The Hall–Kier alpha value is -3.10. The summed E-state index contributed by atoms with van der Waals surface area (Å²) in [5.74, 6) is -1.70. The Labute approximate surface area is 202 Å². The Morgan fingerprint density at radius 1 is 1.06 bits per heavy atom. The standard InChI is InChI=1S/C25H40N4O5/c1-8-10-17(4)27-22(31)21(18-13-11-16(3)12-14-18)29(9-2)23(32)19(15-20(26)30)28-24(33)34-25(5,6)7/h11-14,17,19,21H,8-10,15H2,1-7H3,(H2,26,30)(H,27,31)(H,28,33). The van der Waals surface area contributed by atoms with Gasteiger partial charge in [0.05, 0.1) is 6.42 Å². The topological polar surface area (TPSA) is 131 Å². The van der Waals surface area contributed by atoms with Gasteiger partial charge in [-0.3, -0.25) is 14.4 Å². The lowest BCUT2D eigenvalue weighted by Crippen LogP contribution is -2.54. The normalized spacial score (nSPS) is 13.9. The van der Waals surface area contributed by atoms with E-state index in [2.05, 4.69) is 10.6 Å². The van der Waals surface area contributed by atoms with Gasteiger partial charge in [-0.15, -0.1) is 0 Å². The van der Waals surface area contributed by atoms with Gasteiger partial charge >= 0.3 is 6.09 Å². The molecule has 0 saturated heterocycles. The van der Waals surface area contributed by atoms with E-state index in [1.54, 1.807) is 39.8 Å². The molecule has 0 heterocycles. The van der Waals surface area contributed by atoms with Gasteiger partial charge in [0.25, 0.3) is 0 Å². The molecule has 9 heteroatoms. The summed E-state index contributed by atoms with van der Waals surface area (Å²) in [7, 11) is 0. The number of aryl methyl sites for hydroxylation is 1. The molecule has 1 rings (SSSR count). The minimum Gasteiger partial charge on any atom is -0.444 e. The van der Waals surface area contributed by atoms with E-state index in [9.17, 15) is 19.2 Å². The minimum atomic E-state index is -1.28. The SMILES string of the molecule is CCCC(C)NC(=O)C(c1ccc(C)cc1)N(CC)C(=O)C(CC(N)=O)NC(=O)OC(C)(C)C. The highest BCUT2D eigenvalue weighted by Crippen LogP contribution is 2.24. The zero-order valence-electron chi connectivity index (χ0n) is 21.4. The summed E-state index contributed by atoms with van der Waals surface area (Å²) in [4.78, 5) is 52.4. The van der Waals surface area contributed by atoms with Crippen LogP contribution in [0.5, 0.6) is 0 Å². The maximum Gasteiger partial charge on any atom is 0.408 e. The van der Waals surface area contributed by atoms with Gasteiger partial charge in [-0.05, 0) is 53.5 Å². The Kier molecular flexibility index (Phi) is 11.0. The first-order valence-corrected chi connectivity index (χ1v) is 11.7. The Bertz CT molecular complexity index is 848. The van der Waals surface area contributed by atoms with E-state index in [0.29, 0.717) is 5.56 Å². The fourth-order valence-corrected chi connectivity index (χ4v) is 3.57. The molecule has 1 aromatic rings. The molecule has 0 spiro atoms. The molecule has 3 unspecified atom stereocenters. The maximum atomic E-state index is 13.6. The van der Waals surface area contributed by atoms with Crippen LogP contribution in [0.15, 0.2) is 24.3 Å². The van der Waals surface area contributed by atoms with Gasteiger partial charge in [-0.2, -0.15) is 0 Å². The maximum absolute atomic E-state index is 13.6. The number of nitrogens with one attached hydrogen (secondary N) is 2. The second kappa shape index (κ2) is 13.0. The molecule has 3 atom stereocenters. The number of nitrogens with zero attached hydrogens (tertiary/aromatic N) is 1. The van der Waals surface area contributed by atoms with Gasteiger partial charge in [0.2, 0.25) is 17.7 Å². The van der Waals surface area contributed by atoms with E-state index in [-0.39, 0.29) is 18.5 Å². The molecule has 190 valence electrons. The summed E-state index contributed by atoms with van der Waals surface area (Å²) in [6, 6.07) is 5.01. The van der Waals surface area contributed by atoms with Gasteiger partial charge in [0.15, 0.2) is 0 Å². The molecule has 0 saturated carbocycles. The summed E-state index contributed by atoms with van der Waals surface area (Å²) in [6.45, 7) is 12.8. The van der Waals surface area contributed by atoms with Gasteiger partial charge in [0, 0.05) is 12.6 Å². The average Bonchev–Trinajstić information content (AvgIpc) is 2.70. The molecule has 34 heavy (non-hydrogen) atoms. The molecule has 0 radical (unpaired) electrons. The highest BCUT2D eigenvalue weighted by Gasteiger charge is 2.36. The molecule has 0 bridgehead atoms. The van der Waals surface area contributed by atoms with Gasteiger partial charge in [-0.25, -0.2) is 4.79 Å². The van der Waals surface area contributed by atoms with Crippen molar-refractivity contribution < 1.29 is 23.9 Å². The van der Waals surface area contributed by atoms with Crippen molar-refractivity contribution in [1.82, 2.24) is 15.5 Å². The van der Waals surface area contributed by atoms with E-state index in [1.165, 1.54) is 4.90 Å². The van der Waals surface area contributed by atoms with Crippen molar-refractivity contribution in [1.29, 1.82) is 0 Å². The first kappa shape index (κ1) is 28.9. The van der Waals surface area contributed by atoms with Crippen LogP contribution in [0, 0.1) is 6.92 Å². The summed E-state index contributed by atoms with van der Waals surface area (Å²) in [6.07, 6.45) is 0.407. The molecule has 0 aliphatic rings. The number of rotatable bonds is 11. The third-order valence-electron chi connectivity index (χ3n) is 5.08. The van der Waals surface area contributed by atoms with E-state index < -0.39 is 42.0 Å². The van der Waals surface area contributed by atoms with E-state index in [0.717, 1.165) is 18.4 Å². The van der Waals surface area contributed by atoms with E-state index in [4.69, 9.17) is 10.5 Å². The summed E-state index contributed by atoms with van der Waals surface area (Å²) >= 11 is 0. The van der Waals surface area contributed by atoms with Gasteiger partial charge < -0.3 is 26.0 Å². The van der Waals surface area contributed by atoms with Crippen LogP contribution in [0.1, 0.15) is 78.0 Å². The molecular formula is C25H40N4O5. The van der Waals surface area contributed by atoms with Crippen LogP contribution in [0.3, 0.4) is 0 Å². The number of benzene rings is 1. The van der Waals surface area contributed by atoms with Gasteiger partial charge in [-0.1, -0.05) is 43.2 Å². The van der Waals surface area contributed by atoms with Crippen LogP contribution < -0.4 is 16.4 Å². The first-order valence-electron chi connectivity index (χ1n) is 11.7. The zero-order valence-corrected chi connectivity index (χ0v) is 21.4. The lowest BCUT2D eigenvalue weighted by atomic mass is 10.0. The van der Waals surface area contributed by atoms with Crippen molar-refractivity contribution in [2.24, 2.45) is 5.73 Å². The predicted molar refractivity (Wildman–Crippen MR) is 131 cm³/mol. The Balaban J connectivity index is 3.34. The largest absolute Gasteiger partial charge is 0.444 e. The van der Waals surface area contributed by atoms with Crippen molar-refractivity contribution >= 4 is 23.8 Å². The number of hydrogen-bond donors (Lipinski definition) is 3. The number of nitrogens with two attached hydrogens (primary N) is 1. The number of primary amides is 1. The highest BCUT2D eigenvalue weighted by atomic mass is 16.6. The van der Waals surface area contributed by atoms with Crippen molar-refractivity contribution in [3.05, 3.63) is 35.4 Å². The van der Waals surface area contributed by atoms with Gasteiger partial charge in [0.1, 0.15) is 17.7 Å². The number of ether oxygens (including phenoxy) is 1. The molecule has 0 aliphatic heterocycles. The second-order valence-corrected chi connectivity index (χ2v) is 9.51. The van der Waals surface area contributed by atoms with Crippen molar-refractivity contribution in [3.63, 3.8) is 0 Å². The van der Waals surface area contributed by atoms with Crippen LogP contribution in [-0.4, -0.2) is 52.9 Å². The fourth-order valence-electron chi connectivity index (χ4n) is 3.57. The van der Waals surface area contributed by atoms with E-state index >= 15 is 0 Å². The number of hydrogen-bond acceptors (Lipinski definition) is 5. The molecule has 0 fully saturated rings. The highest BCUT2D eigenvalue weighted by molar-refractivity contribution is 5.94. The van der Waals surface area contributed by atoms with Crippen LogP contribution in [0.4, 0.5) is 4.79 Å². The second-order valence-electron chi connectivity index (χ2n) is 9.51. The molecule has 1 aromatic carbocycles. The Morgan fingerprint density at radius 2 is 1.65 bits per heavy atom. The number of carbonyl (C=O) groups is 4. The summed E-state index contributed by atoms with van der Waals surface area (Å²) in [5, 5.41) is 5.43. The molecule has 0 aromatic heterocycles. The predicted octanol–water partition coefficient (Wildman–Crippen LogP) is 2.96. The Morgan fingerprint density at radius 3 is 2.12 bits per heavy atom. The zero-order chi connectivity index (χ0) is 26.1. The molecule has 4 amide bonds. The number of alkyl carbamates (subject to hydrolysis) is 1. The van der Waals surface area contributed by atoms with Crippen LogP contribution >= 0.6 is 0 Å². The number of likely N-dealkylation sites (N-methyl/N-ethyl adjacent to an activating group) is 1. The molecular weight excluding hydrogens is 436 g/mol. The third-order valence-corrected chi connectivity index (χ3v) is 5.08. The molecule has 4 N–H and O–H groups in total. The van der Waals surface area contributed by atoms with Crippen LogP contribution in [0.2, 0.25) is 0 Å². The third kappa shape index (κ3) is 9.41. The van der Waals surface area contributed by atoms with Crippen LogP contribution in [0.25, 0.3) is 0 Å². The number of carbonyl (C=O) groups excluding carboxylic acids is 4. The fraction of sp³-hybridized carbons (Fsp3) is 0.600. The minimum absolute atomic E-state index is 0.0828. The van der Waals surface area contributed by atoms with Crippen LogP contribution in [-0.2, 0) is 19.1 Å². The quantitative estimate of drug-likeness (QED) is 0.452. The monoisotopic (exact) mass is 476 g/mol.